The molecule has 4 heteroatoms. The molecule has 0 saturated heterocycles. The van der Waals surface area contributed by atoms with E-state index in [1.807, 2.05) is 12.1 Å². The van der Waals surface area contributed by atoms with Gasteiger partial charge in [-0.2, -0.15) is 0 Å². The first-order valence-electron chi connectivity index (χ1n) is 7.42. The zero-order valence-electron chi connectivity index (χ0n) is 13.4. The molecule has 114 valence electrons. The van der Waals surface area contributed by atoms with E-state index in [1.54, 1.807) is 7.11 Å². The second-order valence-corrected chi connectivity index (χ2v) is 7.39. The van der Waals surface area contributed by atoms with Gasteiger partial charge in [-0.05, 0) is 28.9 Å². The molecule has 0 bridgehead atoms. The topological polar surface area (TPSA) is 27.1 Å². The first-order valence-corrected chi connectivity index (χ1v) is 7.95. The lowest BCUT2D eigenvalue weighted by Crippen LogP contribution is -2.07. The number of rotatable bonds is 4. The van der Waals surface area contributed by atoms with Gasteiger partial charge in [-0.15, -0.1) is 11.6 Å². The fraction of sp³-hybridized carbons (Fsp3) is 0.588. The van der Waals surface area contributed by atoms with E-state index in [0.717, 1.165) is 29.2 Å². The number of halogens is 1. The molecule has 21 heavy (non-hydrogen) atoms. The number of hydrogen-bond donors (Lipinski definition) is 0. The fourth-order valence-corrected chi connectivity index (χ4v) is 3.76. The molecule has 1 aliphatic carbocycles. The molecule has 1 heterocycles. The van der Waals surface area contributed by atoms with Crippen molar-refractivity contribution in [3.8, 4) is 5.75 Å². The van der Waals surface area contributed by atoms with Gasteiger partial charge in [0.25, 0.3) is 0 Å². The highest BCUT2D eigenvalue weighted by atomic mass is 35.5. The number of imidazole rings is 1. The van der Waals surface area contributed by atoms with Gasteiger partial charge in [-0.1, -0.05) is 27.7 Å². The molecule has 1 fully saturated rings. The maximum atomic E-state index is 6.11. The Morgan fingerprint density at radius 3 is 2.43 bits per heavy atom. The van der Waals surface area contributed by atoms with Crippen LogP contribution in [0.15, 0.2) is 18.2 Å². The first kappa shape index (κ1) is 14.7. The van der Waals surface area contributed by atoms with Crippen LogP contribution in [0.25, 0.3) is 11.0 Å². The Labute approximate surface area is 131 Å². The molecule has 1 aromatic carbocycles. The molecule has 0 radical (unpaired) electrons. The van der Waals surface area contributed by atoms with Gasteiger partial charge in [0.15, 0.2) is 0 Å². The minimum Gasteiger partial charge on any atom is -0.497 e. The highest BCUT2D eigenvalue weighted by Crippen LogP contribution is 2.69. The smallest absolute Gasteiger partial charge is 0.124 e. The summed E-state index contributed by atoms with van der Waals surface area (Å²) in [6.45, 7) is 10.3. The number of benzene rings is 1. The Balaban J connectivity index is 2.04. The number of alkyl halides is 1. The molecule has 1 aliphatic rings. The summed E-state index contributed by atoms with van der Waals surface area (Å²) in [7, 11) is 1.69. The highest BCUT2D eigenvalue weighted by Gasteiger charge is 2.64. The van der Waals surface area contributed by atoms with E-state index >= 15 is 0 Å². The average Bonchev–Trinajstić information content (AvgIpc) is 2.76. The van der Waals surface area contributed by atoms with Crippen LogP contribution in [0, 0.1) is 16.7 Å². The third-order valence-corrected chi connectivity index (χ3v) is 6.08. The molecule has 0 unspecified atom stereocenters. The third-order valence-electron chi connectivity index (χ3n) is 5.84. The maximum Gasteiger partial charge on any atom is 0.124 e. The lowest BCUT2D eigenvalue weighted by atomic mass is 10.0. The van der Waals surface area contributed by atoms with Crippen molar-refractivity contribution >= 4 is 22.6 Å². The van der Waals surface area contributed by atoms with Gasteiger partial charge < -0.3 is 9.30 Å². The minimum atomic E-state index is 0.353. The predicted molar refractivity (Wildman–Crippen MR) is 86.9 cm³/mol. The molecule has 1 aromatic heterocycles. The number of nitrogens with zero attached hydrogens (tertiary/aromatic N) is 2. The molecule has 1 saturated carbocycles. The summed E-state index contributed by atoms with van der Waals surface area (Å²) in [4.78, 5) is 4.66. The Kier molecular flexibility index (Phi) is 3.25. The lowest BCUT2D eigenvalue weighted by molar-refractivity contribution is 0.415. The summed E-state index contributed by atoms with van der Waals surface area (Å²) < 4.78 is 7.62. The predicted octanol–water partition coefficient (Wildman–Crippen LogP) is 4.47. The summed E-state index contributed by atoms with van der Waals surface area (Å²) in [5, 5.41) is 0. The zero-order valence-corrected chi connectivity index (χ0v) is 14.2. The third kappa shape index (κ3) is 2.05. The lowest BCUT2D eigenvalue weighted by Gasteiger charge is -2.10. The van der Waals surface area contributed by atoms with Crippen LogP contribution in [-0.4, -0.2) is 16.7 Å². The van der Waals surface area contributed by atoms with Crippen LogP contribution in [0.5, 0.6) is 5.75 Å². The van der Waals surface area contributed by atoms with Crippen molar-refractivity contribution in [3.63, 3.8) is 0 Å². The van der Waals surface area contributed by atoms with Crippen molar-refractivity contribution < 1.29 is 4.74 Å². The first-order chi connectivity index (χ1) is 9.82. The van der Waals surface area contributed by atoms with E-state index in [1.165, 1.54) is 0 Å². The van der Waals surface area contributed by atoms with E-state index in [9.17, 15) is 0 Å². The summed E-state index contributed by atoms with van der Waals surface area (Å²) in [5.74, 6) is 2.87. The number of aromatic nitrogens is 2. The van der Waals surface area contributed by atoms with Crippen molar-refractivity contribution in [3.05, 3.63) is 24.0 Å². The SMILES string of the molecule is COc1ccc2nc(CCl)n(CC3C(C)(C)C3(C)C)c2c1. The largest absolute Gasteiger partial charge is 0.497 e. The monoisotopic (exact) mass is 306 g/mol. The van der Waals surface area contributed by atoms with Crippen LogP contribution in [0.2, 0.25) is 0 Å². The molecule has 0 atom stereocenters. The van der Waals surface area contributed by atoms with Gasteiger partial charge in [0.1, 0.15) is 11.6 Å². The van der Waals surface area contributed by atoms with Gasteiger partial charge in [0.05, 0.1) is 24.0 Å². The van der Waals surface area contributed by atoms with Crippen molar-refractivity contribution in [2.45, 2.75) is 40.1 Å². The summed E-state index contributed by atoms with van der Waals surface area (Å²) in [6.07, 6.45) is 0. The summed E-state index contributed by atoms with van der Waals surface area (Å²) in [5.41, 5.74) is 2.81. The number of ether oxygens (including phenoxy) is 1. The number of methoxy groups -OCH3 is 1. The van der Waals surface area contributed by atoms with Crippen molar-refractivity contribution in [2.24, 2.45) is 16.7 Å². The van der Waals surface area contributed by atoms with E-state index in [-0.39, 0.29) is 0 Å². The zero-order chi connectivity index (χ0) is 15.4. The van der Waals surface area contributed by atoms with E-state index in [2.05, 4.69) is 43.3 Å². The molecule has 0 spiro atoms. The number of fused-ring (bicyclic) bond motifs is 1. The Bertz CT molecular complexity index is 673. The molecule has 0 amide bonds. The normalized spacial score (nSPS) is 19.9. The van der Waals surface area contributed by atoms with Crippen molar-refractivity contribution in [2.75, 3.05) is 7.11 Å². The van der Waals surface area contributed by atoms with Crippen molar-refractivity contribution in [1.82, 2.24) is 9.55 Å². The average molecular weight is 307 g/mol. The molecule has 2 aromatic rings. The van der Waals surface area contributed by atoms with Gasteiger partial charge >= 0.3 is 0 Å². The van der Waals surface area contributed by atoms with Gasteiger partial charge in [-0.3, -0.25) is 0 Å². The van der Waals surface area contributed by atoms with Crippen molar-refractivity contribution in [1.29, 1.82) is 0 Å². The highest BCUT2D eigenvalue weighted by molar-refractivity contribution is 6.16. The fourth-order valence-electron chi connectivity index (χ4n) is 3.56. The van der Waals surface area contributed by atoms with Crippen LogP contribution in [0.4, 0.5) is 0 Å². The van der Waals surface area contributed by atoms with E-state index < -0.39 is 0 Å². The Morgan fingerprint density at radius 2 is 1.90 bits per heavy atom. The van der Waals surface area contributed by atoms with E-state index in [4.69, 9.17) is 16.3 Å². The molecule has 0 N–H and O–H groups in total. The van der Waals surface area contributed by atoms with Crippen LogP contribution in [0.3, 0.4) is 0 Å². The van der Waals surface area contributed by atoms with Gasteiger partial charge in [-0.25, -0.2) is 4.98 Å². The van der Waals surface area contributed by atoms with Gasteiger partial charge in [0.2, 0.25) is 0 Å². The summed E-state index contributed by atoms with van der Waals surface area (Å²) in [6, 6.07) is 6.01. The van der Waals surface area contributed by atoms with Crippen LogP contribution in [0.1, 0.15) is 33.5 Å². The summed E-state index contributed by atoms with van der Waals surface area (Å²) >= 11 is 6.11. The van der Waals surface area contributed by atoms with Crippen LogP contribution < -0.4 is 4.74 Å². The molecule has 0 aliphatic heterocycles. The molecular weight excluding hydrogens is 284 g/mol. The minimum absolute atomic E-state index is 0.353. The molecular formula is C17H23ClN2O. The second kappa shape index (κ2) is 4.64. The standard InChI is InChI=1S/C17H23ClN2O/c1-16(2)14(17(16,3)4)10-20-13-8-11(21-5)6-7-12(13)19-15(20)9-18/h6-8,14H,9-10H2,1-5H3. The quantitative estimate of drug-likeness (QED) is 0.779. The van der Waals surface area contributed by atoms with Crippen LogP contribution in [-0.2, 0) is 12.4 Å². The number of hydrogen-bond acceptors (Lipinski definition) is 2. The van der Waals surface area contributed by atoms with Gasteiger partial charge in [0, 0.05) is 12.6 Å². The maximum absolute atomic E-state index is 6.11. The van der Waals surface area contributed by atoms with Crippen LogP contribution >= 0.6 is 11.6 Å². The van der Waals surface area contributed by atoms with E-state index in [0.29, 0.717) is 22.6 Å². The second-order valence-electron chi connectivity index (χ2n) is 7.12. The Hall–Kier alpha value is -1.22. The molecule has 3 nitrogen and oxygen atoms in total. The Morgan fingerprint density at radius 1 is 1.24 bits per heavy atom. The molecule has 3 rings (SSSR count).